The van der Waals surface area contributed by atoms with E-state index in [0.29, 0.717) is 6.04 Å². The SMILES string of the molecule is COc1ccc(OC)c(C(C)NC2CC(NC(=O)OC(C)(C)C)C2)c1. The van der Waals surface area contributed by atoms with Crippen molar-refractivity contribution in [3.63, 3.8) is 0 Å². The molecule has 6 heteroatoms. The van der Waals surface area contributed by atoms with E-state index in [-0.39, 0.29) is 18.2 Å². The zero-order chi connectivity index (χ0) is 18.6. The first kappa shape index (κ1) is 19.4. The van der Waals surface area contributed by atoms with E-state index in [1.807, 2.05) is 39.0 Å². The van der Waals surface area contributed by atoms with Gasteiger partial charge >= 0.3 is 6.09 Å². The molecule has 1 atom stereocenters. The molecule has 1 fully saturated rings. The van der Waals surface area contributed by atoms with Crippen LogP contribution in [0.15, 0.2) is 18.2 Å². The highest BCUT2D eigenvalue weighted by Gasteiger charge is 2.32. The molecule has 1 saturated carbocycles. The Bertz CT molecular complexity index is 592. The second kappa shape index (κ2) is 7.95. The minimum absolute atomic E-state index is 0.123. The summed E-state index contributed by atoms with van der Waals surface area (Å²) in [6.45, 7) is 7.69. The number of amides is 1. The van der Waals surface area contributed by atoms with Crippen molar-refractivity contribution in [2.24, 2.45) is 0 Å². The lowest BCUT2D eigenvalue weighted by Gasteiger charge is -2.38. The fourth-order valence-corrected chi connectivity index (χ4v) is 2.97. The monoisotopic (exact) mass is 350 g/mol. The van der Waals surface area contributed by atoms with Crippen LogP contribution >= 0.6 is 0 Å². The number of nitrogens with one attached hydrogen (secondary N) is 2. The fourth-order valence-electron chi connectivity index (χ4n) is 2.97. The molecule has 1 aromatic rings. The summed E-state index contributed by atoms with van der Waals surface area (Å²) in [5.41, 5.74) is 0.591. The molecule has 0 spiro atoms. The number of hydrogen-bond donors (Lipinski definition) is 2. The van der Waals surface area contributed by atoms with E-state index in [0.717, 1.165) is 29.9 Å². The van der Waals surface area contributed by atoms with Gasteiger partial charge in [0.15, 0.2) is 0 Å². The lowest BCUT2D eigenvalue weighted by Crippen LogP contribution is -2.53. The van der Waals surface area contributed by atoms with Crippen LogP contribution in [-0.2, 0) is 4.74 Å². The Labute approximate surface area is 150 Å². The standard InChI is InChI=1S/C19H30N2O4/c1-12(16-11-15(23-5)7-8-17(16)24-6)20-13-9-14(10-13)21-18(22)25-19(2,3)4/h7-8,11-14,20H,9-10H2,1-6H3,(H,21,22). The van der Waals surface area contributed by atoms with Crippen LogP contribution < -0.4 is 20.1 Å². The summed E-state index contributed by atoms with van der Waals surface area (Å²) in [5, 5.41) is 6.49. The number of carbonyl (C=O) groups excluding carboxylic acids is 1. The van der Waals surface area contributed by atoms with Crippen molar-refractivity contribution in [3.05, 3.63) is 23.8 Å². The van der Waals surface area contributed by atoms with Crippen LogP contribution in [0.3, 0.4) is 0 Å². The molecular weight excluding hydrogens is 320 g/mol. The largest absolute Gasteiger partial charge is 0.497 e. The highest BCUT2D eigenvalue weighted by molar-refractivity contribution is 5.68. The molecule has 0 bridgehead atoms. The van der Waals surface area contributed by atoms with E-state index in [4.69, 9.17) is 14.2 Å². The molecule has 25 heavy (non-hydrogen) atoms. The van der Waals surface area contributed by atoms with Gasteiger partial charge in [0.1, 0.15) is 17.1 Å². The zero-order valence-corrected chi connectivity index (χ0v) is 16.0. The van der Waals surface area contributed by atoms with Gasteiger partial charge in [-0.3, -0.25) is 0 Å². The summed E-state index contributed by atoms with van der Waals surface area (Å²) in [6.07, 6.45) is 1.42. The van der Waals surface area contributed by atoms with Gasteiger partial charge in [0, 0.05) is 23.7 Å². The van der Waals surface area contributed by atoms with Crippen molar-refractivity contribution < 1.29 is 19.0 Å². The number of rotatable bonds is 6. The van der Waals surface area contributed by atoms with Crippen LogP contribution in [-0.4, -0.2) is 38.0 Å². The Hall–Kier alpha value is -1.95. The summed E-state index contributed by atoms with van der Waals surface area (Å²) in [5.74, 6) is 1.64. The molecule has 1 unspecified atom stereocenters. The minimum Gasteiger partial charge on any atom is -0.497 e. The molecule has 1 aliphatic rings. The average molecular weight is 350 g/mol. The van der Waals surface area contributed by atoms with Crippen LogP contribution in [0, 0.1) is 0 Å². The summed E-state index contributed by atoms with van der Waals surface area (Å²) in [4.78, 5) is 11.8. The topological polar surface area (TPSA) is 68.8 Å². The molecule has 0 saturated heterocycles. The second-order valence-corrected chi connectivity index (χ2v) is 7.51. The molecule has 2 rings (SSSR count). The van der Waals surface area contributed by atoms with Gasteiger partial charge in [0.25, 0.3) is 0 Å². The molecule has 0 aromatic heterocycles. The molecule has 2 N–H and O–H groups in total. The summed E-state index contributed by atoms with van der Waals surface area (Å²) >= 11 is 0. The van der Waals surface area contributed by atoms with Crippen LogP contribution in [0.25, 0.3) is 0 Å². The van der Waals surface area contributed by atoms with Gasteiger partial charge in [0.05, 0.1) is 14.2 Å². The van der Waals surface area contributed by atoms with Crippen molar-refractivity contribution in [1.82, 2.24) is 10.6 Å². The predicted molar refractivity (Wildman–Crippen MR) is 97.3 cm³/mol. The Kier molecular flexibility index (Phi) is 6.16. The van der Waals surface area contributed by atoms with Gasteiger partial charge < -0.3 is 24.8 Å². The molecule has 0 heterocycles. The zero-order valence-electron chi connectivity index (χ0n) is 16.0. The van der Waals surface area contributed by atoms with Crippen LogP contribution in [0.1, 0.15) is 52.1 Å². The van der Waals surface area contributed by atoms with E-state index in [1.54, 1.807) is 14.2 Å². The molecule has 6 nitrogen and oxygen atoms in total. The third-order valence-corrected chi connectivity index (χ3v) is 4.25. The highest BCUT2D eigenvalue weighted by atomic mass is 16.6. The Morgan fingerprint density at radius 2 is 1.84 bits per heavy atom. The van der Waals surface area contributed by atoms with E-state index in [9.17, 15) is 4.79 Å². The van der Waals surface area contributed by atoms with Crippen molar-refractivity contribution in [2.75, 3.05) is 14.2 Å². The van der Waals surface area contributed by atoms with Gasteiger partial charge in [-0.2, -0.15) is 0 Å². The third-order valence-electron chi connectivity index (χ3n) is 4.25. The van der Waals surface area contributed by atoms with Gasteiger partial charge in [-0.05, 0) is 58.7 Å². The number of carbonyl (C=O) groups is 1. The van der Waals surface area contributed by atoms with Crippen LogP contribution in [0.2, 0.25) is 0 Å². The van der Waals surface area contributed by atoms with E-state index in [1.165, 1.54) is 0 Å². The van der Waals surface area contributed by atoms with E-state index >= 15 is 0 Å². The summed E-state index contributed by atoms with van der Waals surface area (Å²) in [6, 6.07) is 6.43. The molecule has 140 valence electrons. The number of benzene rings is 1. The van der Waals surface area contributed by atoms with Crippen molar-refractivity contribution in [1.29, 1.82) is 0 Å². The fraction of sp³-hybridized carbons (Fsp3) is 0.632. The molecule has 1 aromatic carbocycles. The first-order valence-electron chi connectivity index (χ1n) is 8.69. The lowest BCUT2D eigenvalue weighted by atomic mass is 9.86. The van der Waals surface area contributed by atoms with Gasteiger partial charge in [-0.25, -0.2) is 4.79 Å². The quantitative estimate of drug-likeness (QED) is 0.823. The van der Waals surface area contributed by atoms with Gasteiger partial charge in [-0.1, -0.05) is 0 Å². The number of ether oxygens (including phenoxy) is 3. The maximum absolute atomic E-state index is 11.8. The second-order valence-electron chi connectivity index (χ2n) is 7.51. The number of alkyl carbamates (subject to hydrolysis) is 1. The van der Waals surface area contributed by atoms with E-state index < -0.39 is 5.60 Å². The van der Waals surface area contributed by atoms with Gasteiger partial charge in [-0.15, -0.1) is 0 Å². The van der Waals surface area contributed by atoms with Gasteiger partial charge in [0.2, 0.25) is 0 Å². The Morgan fingerprint density at radius 1 is 1.16 bits per heavy atom. The maximum atomic E-state index is 11.8. The molecule has 1 aliphatic carbocycles. The van der Waals surface area contributed by atoms with Crippen molar-refractivity contribution in [2.45, 2.75) is 64.3 Å². The molecule has 1 amide bonds. The molecule has 0 radical (unpaired) electrons. The average Bonchev–Trinajstić information content (AvgIpc) is 2.50. The normalized spacial score (nSPS) is 21.0. The summed E-state index contributed by atoms with van der Waals surface area (Å²) < 4.78 is 16.0. The Balaban J connectivity index is 1.84. The smallest absolute Gasteiger partial charge is 0.407 e. The molecular formula is C19H30N2O4. The number of methoxy groups -OCH3 is 2. The van der Waals surface area contributed by atoms with Crippen LogP contribution in [0.5, 0.6) is 11.5 Å². The highest BCUT2D eigenvalue weighted by Crippen LogP contribution is 2.31. The number of hydrogen-bond acceptors (Lipinski definition) is 5. The van der Waals surface area contributed by atoms with Crippen molar-refractivity contribution in [3.8, 4) is 11.5 Å². The Morgan fingerprint density at radius 3 is 2.40 bits per heavy atom. The maximum Gasteiger partial charge on any atom is 0.407 e. The predicted octanol–water partition coefficient (Wildman–Crippen LogP) is 3.41. The lowest BCUT2D eigenvalue weighted by molar-refractivity contribution is 0.0463. The first-order chi connectivity index (χ1) is 11.7. The summed E-state index contributed by atoms with van der Waals surface area (Å²) in [7, 11) is 3.32. The minimum atomic E-state index is -0.469. The van der Waals surface area contributed by atoms with Crippen molar-refractivity contribution >= 4 is 6.09 Å². The van der Waals surface area contributed by atoms with Crippen LogP contribution in [0.4, 0.5) is 4.79 Å². The molecule has 0 aliphatic heterocycles. The first-order valence-corrected chi connectivity index (χ1v) is 8.69. The third kappa shape index (κ3) is 5.53. The van der Waals surface area contributed by atoms with E-state index in [2.05, 4.69) is 17.6 Å².